The van der Waals surface area contributed by atoms with Crippen LogP contribution < -0.4 is 10.1 Å². The molecule has 1 heterocycles. The molecule has 0 spiro atoms. The molecule has 94 valence electrons. The lowest BCUT2D eigenvalue weighted by atomic mass is 10.3. The number of hydrogen-bond acceptors (Lipinski definition) is 4. The molecule has 0 amide bonds. The lowest BCUT2D eigenvalue weighted by molar-refractivity contribution is 0.285. The van der Waals surface area contributed by atoms with Gasteiger partial charge in [0.15, 0.2) is 11.6 Å². The largest absolute Gasteiger partial charge is 0.484 e. The predicted molar refractivity (Wildman–Crippen MR) is 70.0 cm³/mol. The fraction of sp³-hybridized carbons (Fsp3) is 0.167. The lowest BCUT2D eigenvalue weighted by Gasteiger charge is -2.07. The second kappa shape index (κ2) is 5.77. The molecular weight excluding hydrogens is 301 g/mol. The summed E-state index contributed by atoms with van der Waals surface area (Å²) >= 11 is 3.18. The number of nitrogens with one attached hydrogen (secondary N) is 1. The molecule has 0 bridgehead atoms. The van der Waals surface area contributed by atoms with Gasteiger partial charge < -0.3 is 10.1 Å². The smallest absolute Gasteiger partial charge is 0.166 e. The van der Waals surface area contributed by atoms with Crippen molar-refractivity contribution in [3.05, 3.63) is 46.6 Å². The Morgan fingerprint density at radius 1 is 1.33 bits per heavy atom. The first kappa shape index (κ1) is 12.8. The van der Waals surface area contributed by atoms with E-state index in [0.29, 0.717) is 16.0 Å². The molecule has 4 nitrogen and oxygen atoms in total. The SMILES string of the molecule is CNc1cnc(COc2ccc(Br)cc2F)cn1. The fourth-order valence-corrected chi connectivity index (χ4v) is 1.64. The Bertz CT molecular complexity index is 533. The second-order valence-corrected chi connectivity index (χ2v) is 4.42. The number of hydrogen-bond donors (Lipinski definition) is 1. The number of benzene rings is 1. The molecule has 2 rings (SSSR count). The Hall–Kier alpha value is -1.69. The van der Waals surface area contributed by atoms with Gasteiger partial charge >= 0.3 is 0 Å². The van der Waals surface area contributed by atoms with Gasteiger partial charge in [0.25, 0.3) is 0 Å². The van der Waals surface area contributed by atoms with E-state index >= 15 is 0 Å². The van der Waals surface area contributed by atoms with Crippen LogP contribution in [0.1, 0.15) is 5.69 Å². The van der Waals surface area contributed by atoms with Crippen LogP contribution in [0, 0.1) is 5.82 Å². The molecule has 0 saturated heterocycles. The molecule has 0 aliphatic rings. The van der Waals surface area contributed by atoms with E-state index in [1.54, 1.807) is 31.6 Å². The maximum atomic E-state index is 13.5. The zero-order valence-corrected chi connectivity index (χ0v) is 11.2. The summed E-state index contributed by atoms with van der Waals surface area (Å²) in [6, 6.07) is 4.63. The van der Waals surface area contributed by atoms with E-state index in [2.05, 4.69) is 31.2 Å². The van der Waals surface area contributed by atoms with Crippen LogP contribution in [0.3, 0.4) is 0 Å². The fourth-order valence-electron chi connectivity index (χ4n) is 1.30. The molecule has 2 aromatic rings. The molecule has 1 aromatic carbocycles. The molecule has 1 N–H and O–H groups in total. The zero-order chi connectivity index (χ0) is 13.0. The van der Waals surface area contributed by atoms with Crippen molar-refractivity contribution in [3.63, 3.8) is 0 Å². The first-order valence-electron chi connectivity index (χ1n) is 5.25. The van der Waals surface area contributed by atoms with Crippen LogP contribution in [-0.2, 0) is 6.61 Å². The minimum absolute atomic E-state index is 0.176. The number of aromatic nitrogens is 2. The van der Waals surface area contributed by atoms with Gasteiger partial charge in [0.2, 0.25) is 0 Å². The van der Waals surface area contributed by atoms with E-state index in [9.17, 15) is 4.39 Å². The first-order chi connectivity index (χ1) is 8.69. The van der Waals surface area contributed by atoms with Crippen LogP contribution >= 0.6 is 15.9 Å². The van der Waals surface area contributed by atoms with Crippen LogP contribution in [0.5, 0.6) is 5.75 Å². The molecule has 0 aliphatic heterocycles. The normalized spacial score (nSPS) is 10.2. The van der Waals surface area contributed by atoms with E-state index in [0.717, 1.165) is 0 Å². The lowest BCUT2D eigenvalue weighted by Crippen LogP contribution is -2.02. The summed E-state index contributed by atoms with van der Waals surface area (Å²) in [4.78, 5) is 8.22. The van der Waals surface area contributed by atoms with Crippen molar-refractivity contribution >= 4 is 21.7 Å². The van der Waals surface area contributed by atoms with Crippen molar-refractivity contribution in [1.82, 2.24) is 9.97 Å². The Morgan fingerprint density at radius 3 is 2.78 bits per heavy atom. The van der Waals surface area contributed by atoms with Crippen molar-refractivity contribution in [2.24, 2.45) is 0 Å². The summed E-state index contributed by atoms with van der Waals surface area (Å²) in [5.41, 5.74) is 0.635. The van der Waals surface area contributed by atoms with Crippen molar-refractivity contribution < 1.29 is 9.13 Å². The van der Waals surface area contributed by atoms with Gasteiger partial charge in [-0.25, -0.2) is 9.37 Å². The van der Waals surface area contributed by atoms with Gasteiger partial charge in [0.05, 0.1) is 18.1 Å². The number of rotatable bonds is 4. The van der Waals surface area contributed by atoms with E-state index in [1.165, 1.54) is 6.07 Å². The molecule has 0 fully saturated rings. The third kappa shape index (κ3) is 3.16. The van der Waals surface area contributed by atoms with Crippen molar-refractivity contribution in [2.75, 3.05) is 12.4 Å². The van der Waals surface area contributed by atoms with Gasteiger partial charge in [0.1, 0.15) is 12.4 Å². The average Bonchev–Trinajstić information content (AvgIpc) is 2.38. The quantitative estimate of drug-likeness (QED) is 0.943. The van der Waals surface area contributed by atoms with E-state index in [1.807, 2.05) is 0 Å². The van der Waals surface area contributed by atoms with Crippen LogP contribution in [0.25, 0.3) is 0 Å². The summed E-state index contributed by atoms with van der Waals surface area (Å²) < 4.78 is 19.5. The zero-order valence-electron chi connectivity index (χ0n) is 9.65. The third-order valence-corrected chi connectivity index (χ3v) is 2.72. The van der Waals surface area contributed by atoms with Gasteiger partial charge in [-0.2, -0.15) is 0 Å². The standard InChI is InChI=1S/C12H11BrFN3O/c1-15-12-6-16-9(5-17-12)7-18-11-3-2-8(13)4-10(11)14/h2-6H,7H2,1H3,(H,15,17). The Morgan fingerprint density at radius 2 is 2.17 bits per heavy atom. The maximum absolute atomic E-state index is 13.5. The highest BCUT2D eigenvalue weighted by molar-refractivity contribution is 9.10. The van der Waals surface area contributed by atoms with Gasteiger partial charge in [-0.15, -0.1) is 0 Å². The summed E-state index contributed by atoms with van der Waals surface area (Å²) in [5, 5.41) is 2.86. The summed E-state index contributed by atoms with van der Waals surface area (Å²) in [6.07, 6.45) is 3.18. The van der Waals surface area contributed by atoms with Crippen LogP contribution in [0.4, 0.5) is 10.2 Å². The van der Waals surface area contributed by atoms with Gasteiger partial charge in [0, 0.05) is 11.5 Å². The van der Waals surface area contributed by atoms with E-state index in [4.69, 9.17) is 4.74 Å². The molecule has 1 aromatic heterocycles. The number of halogens is 2. The summed E-state index contributed by atoms with van der Waals surface area (Å²) in [6.45, 7) is 0.176. The monoisotopic (exact) mass is 311 g/mol. The molecule has 6 heteroatoms. The first-order valence-corrected chi connectivity index (χ1v) is 6.05. The predicted octanol–water partition coefficient (Wildman–Crippen LogP) is 3.00. The van der Waals surface area contributed by atoms with Gasteiger partial charge in [-0.3, -0.25) is 4.98 Å². The average molecular weight is 312 g/mol. The summed E-state index contributed by atoms with van der Waals surface area (Å²) in [7, 11) is 1.76. The van der Waals surface area contributed by atoms with E-state index < -0.39 is 5.82 Å². The van der Waals surface area contributed by atoms with E-state index in [-0.39, 0.29) is 12.4 Å². The Labute approximate surface area is 112 Å². The third-order valence-electron chi connectivity index (χ3n) is 2.23. The molecule has 0 radical (unpaired) electrons. The van der Waals surface area contributed by atoms with Crippen LogP contribution in [0.15, 0.2) is 35.1 Å². The number of nitrogens with zero attached hydrogens (tertiary/aromatic N) is 2. The second-order valence-electron chi connectivity index (χ2n) is 3.51. The highest BCUT2D eigenvalue weighted by atomic mass is 79.9. The molecule has 18 heavy (non-hydrogen) atoms. The Kier molecular flexibility index (Phi) is 4.09. The van der Waals surface area contributed by atoms with Crippen LogP contribution in [-0.4, -0.2) is 17.0 Å². The number of anilines is 1. The highest BCUT2D eigenvalue weighted by Crippen LogP contribution is 2.22. The molecule has 0 aliphatic carbocycles. The van der Waals surface area contributed by atoms with Crippen molar-refractivity contribution in [2.45, 2.75) is 6.61 Å². The van der Waals surface area contributed by atoms with Gasteiger partial charge in [-0.05, 0) is 18.2 Å². The minimum atomic E-state index is -0.413. The maximum Gasteiger partial charge on any atom is 0.166 e. The molecule has 0 saturated carbocycles. The van der Waals surface area contributed by atoms with Crippen LogP contribution in [0.2, 0.25) is 0 Å². The minimum Gasteiger partial charge on any atom is -0.484 e. The number of ether oxygens (including phenoxy) is 1. The molecule has 0 unspecified atom stereocenters. The topological polar surface area (TPSA) is 47.0 Å². The van der Waals surface area contributed by atoms with Crippen molar-refractivity contribution in [3.8, 4) is 5.75 Å². The molecule has 0 atom stereocenters. The van der Waals surface area contributed by atoms with Gasteiger partial charge in [-0.1, -0.05) is 15.9 Å². The molecular formula is C12H11BrFN3O. The Balaban J connectivity index is 2.02. The van der Waals surface area contributed by atoms with Crippen molar-refractivity contribution in [1.29, 1.82) is 0 Å². The highest BCUT2D eigenvalue weighted by Gasteiger charge is 2.05. The summed E-state index contributed by atoms with van der Waals surface area (Å²) in [5.74, 6) is 0.454.